The zero-order valence-electron chi connectivity index (χ0n) is 19.0. The first-order valence-electron chi connectivity index (χ1n) is 10.9. The van der Waals surface area contributed by atoms with Gasteiger partial charge in [-0.2, -0.15) is 0 Å². The van der Waals surface area contributed by atoms with Gasteiger partial charge in [0.15, 0.2) is 5.96 Å². The van der Waals surface area contributed by atoms with Crippen LogP contribution in [0.3, 0.4) is 0 Å². The standard InChI is InChI=1S/C23H41N5.HI/c1-19(2)28-15-9-12-22(18-28)16-26-23(24-4)25-14-13-20(3)27(5)17-21-10-7-6-8-11-21;/h6-8,10-11,19-20,22H,9,12-18H2,1-5H3,(H2,24,25,26);1H. The predicted molar refractivity (Wildman–Crippen MR) is 136 cm³/mol. The third-order valence-electron chi connectivity index (χ3n) is 5.94. The number of benzene rings is 1. The Kier molecular flexibility index (Phi) is 12.8. The van der Waals surface area contributed by atoms with Crippen LogP contribution in [0.2, 0.25) is 0 Å². The van der Waals surface area contributed by atoms with Gasteiger partial charge in [0.1, 0.15) is 0 Å². The second kappa shape index (κ2) is 14.2. The number of nitrogens with zero attached hydrogens (tertiary/aromatic N) is 3. The number of halogens is 1. The Balaban J connectivity index is 0.00000420. The van der Waals surface area contributed by atoms with E-state index in [-0.39, 0.29) is 24.0 Å². The monoisotopic (exact) mass is 515 g/mol. The number of hydrogen-bond donors (Lipinski definition) is 2. The fraction of sp³-hybridized carbons (Fsp3) is 0.696. The van der Waals surface area contributed by atoms with Gasteiger partial charge in [0.25, 0.3) is 0 Å². The minimum Gasteiger partial charge on any atom is -0.356 e. The quantitative estimate of drug-likeness (QED) is 0.298. The summed E-state index contributed by atoms with van der Waals surface area (Å²) >= 11 is 0. The maximum atomic E-state index is 4.40. The van der Waals surface area contributed by atoms with Gasteiger partial charge in [-0.15, -0.1) is 24.0 Å². The second-order valence-corrected chi connectivity index (χ2v) is 8.52. The highest BCUT2D eigenvalue weighted by Gasteiger charge is 2.21. The molecule has 0 aliphatic carbocycles. The highest BCUT2D eigenvalue weighted by molar-refractivity contribution is 14.0. The molecule has 0 bridgehead atoms. The maximum Gasteiger partial charge on any atom is 0.190 e. The molecule has 1 aromatic carbocycles. The first kappa shape index (κ1) is 26.2. The Morgan fingerprint density at radius 1 is 1.21 bits per heavy atom. The van der Waals surface area contributed by atoms with Gasteiger partial charge in [-0.1, -0.05) is 30.3 Å². The number of nitrogens with one attached hydrogen (secondary N) is 2. The number of hydrogen-bond acceptors (Lipinski definition) is 3. The van der Waals surface area contributed by atoms with Crippen molar-refractivity contribution in [1.29, 1.82) is 0 Å². The van der Waals surface area contributed by atoms with E-state index in [1.165, 1.54) is 31.5 Å². The minimum atomic E-state index is 0. The Morgan fingerprint density at radius 3 is 2.59 bits per heavy atom. The van der Waals surface area contributed by atoms with Crippen molar-refractivity contribution in [2.45, 2.75) is 58.7 Å². The van der Waals surface area contributed by atoms with Crippen molar-refractivity contribution in [3.8, 4) is 0 Å². The van der Waals surface area contributed by atoms with E-state index in [1.54, 1.807) is 0 Å². The van der Waals surface area contributed by atoms with Crippen molar-refractivity contribution in [1.82, 2.24) is 20.4 Å². The molecule has 2 N–H and O–H groups in total. The van der Waals surface area contributed by atoms with Gasteiger partial charge in [-0.25, -0.2) is 0 Å². The van der Waals surface area contributed by atoms with Crippen molar-refractivity contribution in [2.24, 2.45) is 10.9 Å². The number of aliphatic imine (C=N–C) groups is 1. The summed E-state index contributed by atoms with van der Waals surface area (Å²) in [4.78, 5) is 9.41. The summed E-state index contributed by atoms with van der Waals surface area (Å²) in [6, 6.07) is 11.8. The molecule has 1 aliphatic heterocycles. The van der Waals surface area contributed by atoms with Gasteiger partial charge in [0.2, 0.25) is 0 Å². The van der Waals surface area contributed by atoms with E-state index in [0.29, 0.717) is 18.0 Å². The average Bonchev–Trinajstić information content (AvgIpc) is 2.71. The highest BCUT2D eigenvalue weighted by atomic mass is 127. The van der Waals surface area contributed by atoms with Crippen LogP contribution in [0.25, 0.3) is 0 Å². The van der Waals surface area contributed by atoms with Crippen LogP contribution in [0.1, 0.15) is 45.6 Å². The SMILES string of the molecule is CN=C(NCCC(C)N(C)Cc1ccccc1)NCC1CCCN(C(C)C)C1.I. The van der Waals surface area contributed by atoms with Crippen molar-refractivity contribution in [2.75, 3.05) is 40.3 Å². The van der Waals surface area contributed by atoms with Crippen molar-refractivity contribution >= 4 is 29.9 Å². The molecule has 0 spiro atoms. The molecule has 1 saturated heterocycles. The Hall–Kier alpha value is -0.860. The van der Waals surface area contributed by atoms with Crippen LogP contribution >= 0.6 is 24.0 Å². The molecule has 29 heavy (non-hydrogen) atoms. The number of guanidine groups is 1. The fourth-order valence-electron chi connectivity index (χ4n) is 3.84. The molecule has 5 nitrogen and oxygen atoms in total. The molecule has 1 fully saturated rings. The van der Waals surface area contributed by atoms with E-state index < -0.39 is 0 Å². The molecule has 166 valence electrons. The van der Waals surface area contributed by atoms with Crippen molar-refractivity contribution in [3.05, 3.63) is 35.9 Å². The molecule has 1 heterocycles. The average molecular weight is 516 g/mol. The smallest absolute Gasteiger partial charge is 0.190 e. The summed E-state index contributed by atoms with van der Waals surface area (Å²) in [6.07, 6.45) is 3.71. The summed E-state index contributed by atoms with van der Waals surface area (Å²) in [6.45, 7) is 12.3. The predicted octanol–water partition coefficient (Wildman–Crippen LogP) is 3.80. The van der Waals surface area contributed by atoms with Gasteiger partial charge in [0.05, 0.1) is 0 Å². The second-order valence-electron chi connectivity index (χ2n) is 8.52. The first-order valence-corrected chi connectivity index (χ1v) is 10.9. The van der Waals surface area contributed by atoms with Crippen LogP contribution in [0.15, 0.2) is 35.3 Å². The van der Waals surface area contributed by atoms with Crippen LogP contribution in [0.4, 0.5) is 0 Å². The lowest BCUT2D eigenvalue weighted by atomic mass is 9.97. The van der Waals surface area contributed by atoms with Crippen LogP contribution in [0, 0.1) is 5.92 Å². The van der Waals surface area contributed by atoms with E-state index in [2.05, 4.69) is 83.6 Å². The minimum absolute atomic E-state index is 0. The summed E-state index contributed by atoms with van der Waals surface area (Å²) in [5.74, 6) is 1.64. The molecule has 2 atom stereocenters. The van der Waals surface area contributed by atoms with E-state index in [1.807, 2.05) is 7.05 Å². The maximum absolute atomic E-state index is 4.40. The summed E-state index contributed by atoms with van der Waals surface area (Å²) in [7, 11) is 4.07. The third kappa shape index (κ3) is 9.66. The summed E-state index contributed by atoms with van der Waals surface area (Å²) in [5, 5.41) is 7.03. The first-order chi connectivity index (χ1) is 13.5. The molecule has 0 radical (unpaired) electrons. The Morgan fingerprint density at radius 2 is 1.93 bits per heavy atom. The van der Waals surface area contributed by atoms with Gasteiger partial charge >= 0.3 is 0 Å². The Bertz CT molecular complexity index is 578. The molecule has 1 aliphatic rings. The van der Waals surface area contributed by atoms with Crippen LogP contribution < -0.4 is 10.6 Å². The summed E-state index contributed by atoms with van der Waals surface area (Å²) < 4.78 is 0. The molecule has 1 aromatic rings. The lowest BCUT2D eigenvalue weighted by molar-refractivity contribution is 0.141. The topological polar surface area (TPSA) is 42.9 Å². The molecule has 0 aromatic heterocycles. The van der Waals surface area contributed by atoms with Gasteiger partial charge in [0, 0.05) is 45.3 Å². The van der Waals surface area contributed by atoms with E-state index in [0.717, 1.165) is 32.0 Å². The zero-order chi connectivity index (χ0) is 20.4. The van der Waals surface area contributed by atoms with E-state index >= 15 is 0 Å². The molecular formula is C23H42IN5. The van der Waals surface area contributed by atoms with E-state index in [9.17, 15) is 0 Å². The number of piperidine rings is 1. The molecule has 6 heteroatoms. The Labute approximate surface area is 195 Å². The molecule has 2 unspecified atom stereocenters. The molecule has 2 rings (SSSR count). The third-order valence-corrected chi connectivity index (χ3v) is 5.94. The zero-order valence-corrected chi connectivity index (χ0v) is 21.4. The lowest BCUT2D eigenvalue weighted by Gasteiger charge is -2.35. The van der Waals surface area contributed by atoms with Crippen molar-refractivity contribution < 1.29 is 0 Å². The highest BCUT2D eigenvalue weighted by Crippen LogP contribution is 2.17. The molecule has 0 saturated carbocycles. The largest absolute Gasteiger partial charge is 0.356 e. The van der Waals surface area contributed by atoms with Gasteiger partial charge in [-0.05, 0) is 65.1 Å². The van der Waals surface area contributed by atoms with Gasteiger partial charge in [-0.3, -0.25) is 9.89 Å². The summed E-state index contributed by atoms with van der Waals surface area (Å²) in [5.41, 5.74) is 1.37. The lowest BCUT2D eigenvalue weighted by Crippen LogP contribution is -2.46. The van der Waals surface area contributed by atoms with Crippen LogP contribution in [-0.2, 0) is 6.54 Å². The van der Waals surface area contributed by atoms with Crippen LogP contribution in [-0.4, -0.2) is 68.1 Å². The van der Waals surface area contributed by atoms with E-state index in [4.69, 9.17) is 0 Å². The normalized spacial score (nSPS) is 19.1. The molecular weight excluding hydrogens is 473 g/mol. The number of rotatable bonds is 9. The molecule has 0 amide bonds. The fourth-order valence-corrected chi connectivity index (χ4v) is 3.84. The van der Waals surface area contributed by atoms with Crippen LogP contribution in [0.5, 0.6) is 0 Å². The number of likely N-dealkylation sites (tertiary alicyclic amines) is 1. The van der Waals surface area contributed by atoms with Crippen molar-refractivity contribution in [3.63, 3.8) is 0 Å². The van der Waals surface area contributed by atoms with Gasteiger partial charge < -0.3 is 15.5 Å².